The number of carboxylic acids is 1. The summed E-state index contributed by atoms with van der Waals surface area (Å²) in [6, 6.07) is 9.13. The second-order valence-corrected chi connectivity index (χ2v) is 4.50. The Hall–Kier alpha value is -2.43. The highest BCUT2D eigenvalue weighted by Gasteiger charge is 2.12. The molecular formula is C14H15N3O2. The molecule has 0 spiro atoms. The van der Waals surface area contributed by atoms with E-state index in [0.717, 1.165) is 11.1 Å². The van der Waals surface area contributed by atoms with Gasteiger partial charge in [0, 0.05) is 25.7 Å². The minimum Gasteiger partial charge on any atom is -0.477 e. The number of aryl methyl sites for hydroxylation is 1. The van der Waals surface area contributed by atoms with Crippen LogP contribution in [0.3, 0.4) is 0 Å². The Bertz CT molecular complexity index is 624. The molecule has 1 aromatic heterocycles. The van der Waals surface area contributed by atoms with E-state index < -0.39 is 5.97 Å². The van der Waals surface area contributed by atoms with Crippen LogP contribution in [0.2, 0.25) is 0 Å². The van der Waals surface area contributed by atoms with Gasteiger partial charge in [0.15, 0.2) is 11.5 Å². The first-order valence-corrected chi connectivity index (χ1v) is 5.84. The maximum atomic E-state index is 11.1. The summed E-state index contributed by atoms with van der Waals surface area (Å²) in [7, 11) is 3.63. The van der Waals surface area contributed by atoms with Gasteiger partial charge >= 0.3 is 5.97 Å². The van der Waals surface area contributed by atoms with Crippen molar-refractivity contribution >= 4 is 11.8 Å². The van der Waals surface area contributed by atoms with Crippen molar-refractivity contribution in [2.45, 2.75) is 6.92 Å². The van der Waals surface area contributed by atoms with Crippen molar-refractivity contribution in [2.75, 3.05) is 19.0 Å². The Morgan fingerprint density at radius 3 is 2.53 bits per heavy atom. The number of rotatable bonds is 3. The van der Waals surface area contributed by atoms with E-state index in [1.165, 1.54) is 6.07 Å². The average molecular weight is 257 g/mol. The summed E-state index contributed by atoms with van der Waals surface area (Å²) < 4.78 is 0. The summed E-state index contributed by atoms with van der Waals surface area (Å²) in [5.41, 5.74) is 1.88. The van der Waals surface area contributed by atoms with Gasteiger partial charge in [0.05, 0.1) is 0 Å². The Morgan fingerprint density at radius 1 is 1.21 bits per heavy atom. The lowest BCUT2D eigenvalue weighted by Crippen LogP contribution is -2.14. The highest BCUT2D eigenvalue weighted by atomic mass is 16.4. The molecule has 1 N–H and O–H groups in total. The van der Waals surface area contributed by atoms with Crippen LogP contribution in [0.5, 0.6) is 0 Å². The van der Waals surface area contributed by atoms with E-state index in [1.54, 1.807) is 4.90 Å². The molecule has 1 heterocycles. The highest BCUT2D eigenvalue weighted by Crippen LogP contribution is 2.20. The molecule has 2 aromatic rings. The van der Waals surface area contributed by atoms with Crippen LogP contribution in [-0.4, -0.2) is 35.1 Å². The van der Waals surface area contributed by atoms with Gasteiger partial charge in [-0.05, 0) is 13.0 Å². The van der Waals surface area contributed by atoms with Gasteiger partial charge < -0.3 is 10.0 Å². The quantitative estimate of drug-likeness (QED) is 0.913. The van der Waals surface area contributed by atoms with Crippen molar-refractivity contribution in [3.8, 4) is 11.4 Å². The van der Waals surface area contributed by atoms with E-state index >= 15 is 0 Å². The van der Waals surface area contributed by atoms with Gasteiger partial charge in [0.1, 0.15) is 5.82 Å². The molecule has 0 bridgehead atoms. The highest BCUT2D eigenvalue weighted by molar-refractivity contribution is 5.87. The number of aromatic nitrogens is 2. The SMILES string of the molecule is Cc1cccc(-c2nc(C(=O)O)cc(N(C)C)n2)c1. The Kier molecular flexibility index (Phi) is 3.46. The number of hydrogen-bond acceptors (Lipinski definition) is 4. The number of carbonyl (C=O) groups is 1. The summed E-state index contributed by atoms with van der Waals surface area (Å²) in [6.07, 6.45) is 0. The molecule has 0 aliphatic heterocycles. The fourth-order valence-electron chi connectivity index (χ4n) is 1.69. The Morgan fingerprint density at radius 2 is 1.95 bits per heavy atom. The van der Waals surface area contributed by atoms with Crippen LogP contribution in [-0.2, 0) is 0 Å². The molecule has 0 atom stereocenters. The first-order valence-electron chi connectivity index (χ1n) is 5.84. The summed E-state index contributed by atoms with van der Waals surface area (Å²) in [6.45, 7) is 1.97. The number of nitrogens with zero attached hydrogens (tertiary/aromatic N) is 3. The molecule has 5 heteroatoms. The first kappa shape index (κ1) is 13.0. The lowest BCUT2D eigenvalue weighted by atomic mass is 10.1. The van der Waals surface area contributed by atoms with Crippen molar-refractivity contribution in [3.05, 3.63) is 41.6 Å². The number of carboxylic acid groups (broad SMARTS) is 1. The third kappa shape index (κ3) is 2.88. The van der Waals surface area contributed by atoms with E-state index in [4.69, 9.17) is 5.11 Å². The van der Waals surface area contributed by atoms with Crippen LogP contribution in [0.25, 0.3) is 11.4 Å². The van der Waals surface area contributed by atoms with Crippen molar-refractivity contribution in [2.24, 2.45) is 0 Å². The molecule has 0 amide bonds. The van der Waals surface area contributed by atoms with Crippen LogP contribution in [0.1, 0.15) is 16.1 Å². The van der Waals surface area contributed by atoms with Crippen LogP contribution >= 0.6 is 0 Å². The van der Waals surface area contributed by atoms with Gasteiger partial charge in [-0.15, -0.1) is 0 Å². The second kappa shape index (κ2) is 5.06. The molecule has 0 fully saturated rings. The van der Waals surface area contributed by atoms with Crippen molar-refractivity contribution in [1.82, 2.24) is 9.97 Å². The first-order chi connectivity index (χ1) is 8.97. The lowest BCUT2D eigenvalue weighted by molar-refractivity contribution is 0.0690. The Balaban J connectivity index is 2.59. The maximum Gasteiger partial charge on any atom is 0.354 e. The van der Waals surface area contributed by atoms with Crippen LogP contribution in [0.4, 0.5) is 5.82 Å². The van der Waals surface area contributed by atoms with Crippen LogP contribution in [0, 0.1) is 6.92 Å². The molecule has 98 valence electrons. The van der Waals surface area contributed by atoms with E-state index in [-0.39, 0.29) is 5.69 Å². The zero-order valence-electron chi connectivity index (χ0n) is 11.1. The Labute approximate surface area is 111 Å². The van der Waals surface area contributed by atoms with Gasteiger partial charge in [-0.25, -0.2) is 14.8 Å². The molecule has 0 aliphatic carbocycles. The minimum atomic E-state index is -1.06. The van der Waals surface area contributed by atoms with E-state index in [2.05, 4.69) is 9.97 Å². The zero-order chi connectivity index (χ0) is 14.0. The maximum absolute atomic E-state index is 11.1. The normalized spacial score (nSPS) is 10.3. The van der Waals surface area contributed by atoms with Crippen molar-refractivity contribution < 1.29 is 9.90 Å². The van der Waals surface area contributed by atoms with Gasteiger partial charge in [-0.3, -0.25) is 0 Å². The molecule has 19 heavy (non-hydrogen) atoms. The smallest absolute Gasteiger partial charge is 0.354 e. The number of aromatic carboxylic acids is 1. The summed E-state index contributed by atoms with van der Waals surface area (Å²) in [5.74, 6) is -0.0596. The minimum absolute atomic E-state index is 0.00444. The number of hydrogen-bond donors (Lipinski definition) is 1. The van der Waals surface area contributed by atoms with E-state index in [0.29, 0.717) is 11.6 Å². The largest absolute Gasteiger partial charge is 0.477 e. The molecule has 2 rings (SSSR count). The fraction of sp³-hybridized carbons (Fsp3) is 0.214. The number of benzene rings is 1. The molecule has 0 radical (unpaired) electrons. The summed E-state index contributed by atoms with van der Waals surface area (Å²) in [5, 5.41) is 9.11. The summed E-state index contributed by atoms with van der Waals surface area (Å²) >= 11 is 0. The molecule has 1 aromatic carbocycles. The third-order valence-electron chi connectivity index (χ3n) is 2.67. The predicted octanol–water partition coefficient (Wildman–Crippen LogP) is 2.22. The van der Waals surface area contributed by atoms with Crippen LogP contribution in [0.15, 0.2) is 30.3 Å². The summed E-state index contributed by atoms with van der Waals surface area (Å²) in [4.78, 5) is 21.3. The lowest BCUT2D eigenvalue weighted by Gasteiger charge is -2.13. The van der Waals surface area contributed by atoms with Crippen LogP contribution < -0.4 is 4.90 Å². The number of anilines is 1. The van der Waals surface area contributed by atoms with Gasteiger partial charge in [0.2, 0.25) is 0 Å². The molecule has 0 aliphatic rings. The van der Waals surface area contributed by atoms with E-state index in [1.807, 2.05) is 45.3 Å². The van der Waals surface area contributed by atoms with E-state index in [9.17, 15) is 4.79 Å². The van der Waals surface area contributed by atoms with Gasteiger partial charge in [-0.2, -0.15) is 0 Å². The van der Waals surface area contributed by atoms with Gasteiger partial charge in [0.25, 0.3) is 0 Å². The molecular weight excluding hydrogens is 242 g/mol. The van der Waals surface area contributed by atoms with Gasteiger partial charge in [-0.1, -0.05) is 23.8 Å². The molecule has 5 nitrogen and oxygen atoms in total. The zero-order valence-corrected chi connectivity index (χ0v) is 11.1. The van der Waals surface area contributed by atoms with Crippen molar-refractivity contribution in [3.63, 3.8) is 0 Å². The third-order valence-corrected chi connectivity index (χ3v) is 2.67. The average Bonchev–Trinajstić information content (AvgIpc) is 2.38. The molecule has 0 unspecified atom stereocenters. The van der Waals surface area contributed by atoms with Crippen molar-refractivity contribution in [1.29, 1.82) is 0 Å². The molecule has 0 saturated carbocycles. The monoisotopic (exact) mass is 257 g/mol. The standard InChI is InChI=1S/C14H15N3O2/c1-9-5-4-6-10(7-9)13-15-11(14(18)19)8-12(16-13)17(2)3/h4-8H,1-3H3,(H,18,19). The molecule has 0 saturated heterocycles. The fourth-order valence-corrected chi connectivity index (χ4v) is 1.69. The predicted molar refractivity (Wildman–Crippen MR) is 73.5 cm³/mol. The second-order valence-electron chi connectivity index (χ2n) is 4.50. The topological polar surface area (TPSA) is 66.3 Å².